The summed E-state index contributed by atoms with van der Waals surface area (Å²) in [5.74, 6) is 0.537. The zero-order chi connectivity index (χ0) is 23.2. The molecule has 1 atom stereocenters. The van der Waals surface area contributed by atoms with Crippen LogP contribution in [-0.4, -0.2) is 61.4 Å². The first kappa shape index (κ1) is 26.5. The van der Waals surface area contributed by atoms with Crippen LogP contribution in [0.3, 0.4) is 0 Å². The number of amides is 2. The highest BCUT2D eigenvalue weighted by atomic mass is 35.5. The van der Waals surface area contributed by atoms with Crippen LogP contribution in [0.15, 0.2) is 54.6 Å². The third-order valence-electron chi connectivity index (χ3n) is 7.01. The van der Waals surface area contributed by atoms with E-state index in [1.165, 1.54) is 24.8 Å². The van der Waals surface area contributed by atoms with Crippen molar-refractivity contribution in [3.63, 3.8) is 0 Å². The van der Waals surface area contributed by atoms with Crippen LogP contribution in [0, 0.1) is 11.8 Å². The van der Waals surface area contributed by atoms with Gasteiger partial charge in [-0.3, -0.25) is 9.59 Å². The summed E-state index contributed by atoms with van der Waals surface area (Å²) in [7, 11) is 1.76. The third-order valence-corrected chi connectivity index (χ3v) is 7.24. The van der Waals surface area contributed by atoms with Gasteiger partial charge >= 0.3 is 0 Å². The number of hydrogen-bond donors (Lipinski definition) is 0. The summed E-state index contributed by atoms with van der Waals surface area (Å²) >= 11 is 6.22. The van der Waals surface area contributed by atoms with Crippen molar-refractivity contribution in [2.75, 3.05) is 44.7 Å². The van der Waals surface area contributed by atoms with Crippen molar-refractivity contribution in [1.29, 1.82) is 0 Å². The Kier molecular flexibility index (Phi) is 9.81. The minimum absolute atomic E-state index is 0. The number of halogens is 2. The summed E-state index contributed by atoms with van der Waals surface area (Å²) in [6.45, 7) is 4.34. The van der Waals surface area contributed by atoms with E-state index in [4.69, 9.17) is 11.6 Å². The van der Waals surface area contributed by atoms with Crippen LogP contribution in [0.2, 0.25) is 5.02 Å². The van der Waals surface area contributed by atoms with E-state index in [-0.39, 0.29) is 30.1 Å². The van der Waals surface area contributed by atoms with Gasteiger partial charge in [0.05, 0.1) is 5.92 Å². The van der Waals surface area contributed by atoms with Crippen molar-refractivity contribution < 1.29 is 9.59 Å². The highest BCUT2D eigenvalue weighted by Crippen LogP contribution is 2.26. The van der Waals surface area contributed by atoms with Gasteiger partial charge in [-0.2, -0.15) is 0 Å². The van der Waals surface area contributed by atoms with Crippen LogP contribution in [-0.2, 0) is 16.0 Å². The van der Waals surface area contributed by atoms with Crippen molar-refractivity contribution >= 4 is 41.5 Å². The molecule has 34 heavy (non-hydrogen) atoms. The molecular weight excluding hydrogens is 469 g/mol. The van der Waals surface area contributed by atoms with Gasteiger partial charge in [-0.25, -0.2) is 0 Å². The maximum atomic E-state index is 13.3. The summed E-state index contributed by atoms with van der Waals surface area (Å²) in [5, 5.41) is 0.616. The van der Waals surface area contributed by atoms with Gasteiger partial charge in [0.15, 0.2) is 0 Å². The summed E-state index contributed by atoms with van der Waals surface area (Å²) in [5.41, 5.74) is 2.25. The van der Waals surface area contributed by atoms with E-state index in [0.29, 0.717) is 24.5 Å². The molecule has 4 rings (SSSR count). The fraction of sp³-hybridized carbons (Fsp3) is 0.481. The minimum atomic E-state index is -0.282. The maximum Gasteiger partial charge on any atom is 0.232 e. The Morgan fingerprint density at radius 3 is 2.47 bits per heavy atom. The number of anilines is 1. The molecule has 0 aliphatic carbocycles. The maximum absolute atomic E-state index is 13.3. The molecule has 0 radical (unpaired) electrons. The quantitative estimate of drug-likeness (QED) is 0.513. The van der Waals surface area contributed by atoms with Gasteiger partial charge < -0.3 is 14.7 Å². The van der Waals surface area contributed by atoms with Crippen LogP contribution >= 0.6 is 24.0 Å². The van der Waals surface area contributed by atoms with Crippen LogP contribution in [0.5, 0.6) is 0 Å². The lowest BCUT2D eigenvalue weighted by atomic mass is 9.90. The highest BCUT2D eigenvalue weighted by molar-refractivity contribution is 6.30. The van der Waals surface area contributed by atoms with E-state index in [2.05, 4.69) is 35.2 Å². The lowest BCUT2D eigenvalue weighted by Gasteiger charge is -2.33. The first-order valence-corrected chi connectivity index (χ1v) is 12.4. The van der Waals surface area contributed by atoms with Crippen molar-refractivity contribution in [2.24, 2.45) is 11.8 Å². The molecule has 2 aromatic rings. The monoisotopic (exact) mass is 503 g/mol. The van der Waals surface area contributed by atoms with Gasteiger partial charge in [-0.1, -0.05) is 48.0 Å². The van der Waals surface area contributed by atoms with Crippen LogP contribution in [0.4, 0.5) is 5.69 Å². The summed E-state index contributed by atoms with van der Waals surface area (Å²) in [6, 6.07) is 18.2. The van der Waals surface area contributed by atoms with E-state index >= 15 is 0 Å². The molecule has 2 aromatic carbocycles. The Balaban J connectivity index is 0.00000324. The fourth-order valence-corrected chi connectivity index (χ4v) is 5.26. The molecule has 0 N–H and O–H groups in total. The van der Waals surface area contributed by atoms with Crippen LogP contribution in [0.25, 0.3) is 0 Å². The van der Waals surface area contributed by atoms with Crippen molar-refractivity contribution in [3.8, 4) is 0 Å². The molecule has 2 fully saturated rings. The van der Waals surface area contributed by atoms with Crippen molar-refractivity contribution in [1.82, 2.24) is 9.80 Å². The third kappa shape index (κ3) is 6.97. The Bertz CT molecular complexity index is 948. The van der Waals surface area contributed by atoms with Gasteiger partial charge in [-0.05, 0) is 75.0 Å². The number of carbonyl (C=O) groups excluding carboxylic acids is 2. The smallest absolute Gasteiger partial charge is 0.232 e. The summed E-state index contributed by atoms with van der Waals surface area (Å²) in [6.07, 6.45) is 4.81. The summed E-state index contributed by atoms with van der Waals surface area (Å²) in [4.78, 5) is 31.3. The number of rotatable bonds is 8. The number of carbonyl (C=O) groups is 2. The average Bonchev–Trinajstić information content (AvgIpc) is 3.16. The molecule has 0 spiro atoms. The molecule has 2 heterocycles. The molecular formula is C27H35Cl2N3O2. The van der Waals surface area contributed by atoms with Crippen LogP contribution < -0.4 is 4.90 Å². The molecule has 5 nitrogen and oxygen atoms in total. The standard InChI is InChI=1S/C27H34ClN3O2.ClH/c1-29-20-23(18-26(29)32)27(33)31(25-10-5-9-24(28)19-25)14-6-13-30-15-11-22(12-16-30)17-21-7-3-2-4-8-21;/h2-5,7-10,19,22-23H,6,11-18,20H2,1H3;1H. The highest BCUT2D eigenvalue weighted by Gasteiger charge is 2.35. The average molecular weight is 505 g/mol. The first-order chi connectivity index (χ1) is 16.0. The van der Waals surface area contributed by atoms with Gasteiger partial charge in [0, 0.05) is 37.3 Å². The van der Waals surface area contributed by atoms with E-state index < -0.39 is 0 Å². The second-order valence-corrected chi connectivity index (χ2v) is 9.91. The number of piperidine rings is 1. The minimum Gasteiger partial charge on any atom is -0.345 e. The summed E-state index contributed by atoms with van der Waals surface area (Å²) < 4.78 is 0. The molecule has 2 amide bonds. The van der Waals surface area contributed by atoms with E-state index in [1.54, 1.807) is 11.9 Å². The Morgan fingerprint density at radius 2 is 1.82 bits per heavy atom. The van der Waals surface area contributed by atoms with E-state index in [0.717, 1.165) is 37.7 Å². The van der Waals surface area contributed by atoms with Crippen molar-refractivity contribution in [2.45, 2.75) is 32.1 Å². The zero-order valence-corrected chi connectivity index (χ0v) is 21.4. The van der Waals surface area contributed by atoms with Gasteiger partial charge in [0.1, 0.15) is 0 Å². The Labute approximate surface area is 214 Å². The fourth-order valence-electron chi connectivity index (χ4n) is 5.07. The Morgan fingerprint density at radius 1 is 1.09 bits per heavy atom. The molecule has 0 bridgehead atoms. The predicted octanol–water partition coefficient (Wildman–Crippen LogP) is 4.92. The molecule has 2 aliphatic rings. The molecule has 0 aromatic heterocycles. The largest absolute Gasteiger partial charge is 0.345 e. The van der Waals surface area contributed by atoms with Gasteiger partial charge in [-0.15, -0.1) is 12.4 Å². The zero-order valence-electron chi connectivity index (χ0n) is 19.9. The van der Waals surface area contributed by atoms with Crippen molar-refractivity contribution in [3.05, 3.63) is 65.2 Å². The van der Waals surface area contributed by atoms with E-state index in [1.807, 2.05) is 29.2 Å². The second kappa shape index (κ2) is 12.6. The molecule has 0 saturated carbocycles. The van der Waals surface area contributed by atoms with Gasteiger partial charge in [0.2, 0.25) is 11.8 Å². The first-order valence-electron chi connectivity index (χ1n) is 12.1. The van der Waals surface area contributed by atoms with Crippen LogP contribution in [0.1, 0.15) is 31.2 Å². The topological polar surface area (TPSA) is 43.9 Å². The molecule has 2 aliphatic heterocycles. The predicted molar refractivity (Wildman–Crippen MR) is 141 cm³/mol. The molecule has 7 heteroatoms. The number of likely N-dealkylation sites (tertiary alicyclic amines) is 2. The van der Waals surface area contributed by atoms with E-state index in [9.17, 15) is 9.59 Å². The number of benzene rings is 2. The molecule has 1 unspecified atom stereocenters. The number of hydrogen-bond acceptors (Lipinski definition) is 3. The normalized spacial score (nSPS) is 19.2. The lowest BCUT2D eigenvalue weighted by molar-refractivity contribution is -0.127. The number of nitrogens with zero attached hydrogens (tertiary/aromatic N) is 3. The van der Waals surface area contributed by atoms with Gasteiger partial charge in [0.25, 0.3) is 0 Å². The molecule has 2 saturated heterocycles. The second-order valence-electron chi connectivity index (χ2n) is 9.47. The molecule has 184 valence electrons. The lowest BCUT2D eigenvalue weighted by Crippen LogP contribution is -2.40. The Hall–Kier alpha value is -2.08. The SMILES string of the molecule is CN1CC(C(=O)N(CCCN2CCC(Cc3ccccc3)CC2)c2cccc(Cl)c2)CC1=O.Cl.